The van der Waals surface area contributed by atoms with E-state index < -0.39 is 5.97 Å². The average Bonchev–Trinajstić information content (AvgIpc) is 2.36. The van der Waals surface area contributed by atoms with E-state index in [0.717, 1.165) is 6.42 Å². The molecule has 1 aromatic rings. The van der Waals surface area contributed by atoms with Gasteiger partial charge in [0.25, 0.3) is 5.91 Å². The van der Waals surface area contributed by atoms with Crippen molar-refractivity contribution in [2.75, 3.05) is 6.61 Å². The van der Waals surface area contributed by atoms with Crippen molar-refractivity contribution in [1.82, 2.24) is 5.32 Å². The standard InChI is InChI=1S/C14H19NO4/c1-4-14(2,3)15-12(17)9-19-13(18)10-5-7-11(16)8-6-10/h5-8,16H,4,9H2,1-3H3,(H,15,17). The van der Waals surface area contributed by atoms with Crippen LogP contribution in [-0.2, 0) is 9.53 Å². The summed E-state index contributed by atoms with van der Waals surface area (Å²) in [4.78, 5) is 23.2. The fraction of sp³-hybridized carbons (Fsp3) is 0.429. The van der Waals surface area contributed by atoms with Crippen LogP contribution in [0, 0.1) is 0 Å². The largest absolute Gasteiger partial charge is 0.508 e. The van der Waals surface area contributed by atoms with Gasteiger partial charge in [-0.25, -0.2) is 4.79 Å². The highest BCUT2D eigenvalue weighted by Gasteiger charge is 2.18. The van der Waals surface area contributed by atoms with Crippen molar-refractivity contribution in [3.8, 4) is 5.75 Å². The number of phenolic OH excluding ortho intramolecular Hbond substituents is 1. The minimum Gasteiger partial charge on any atom is -0.508 e. The van der Waals surface area contributed by atoms with Crippen molar-refractivity contribution in [2.45, 2.75) is 32.7 Å². The second-order valence-electron chi connectivity index (χ2n) is 4.91. The molecular weight excluding hydrogens is 246 g/mol. The predicted octanol–water partition coefficient (Wildman–Crippen LogP) is 1.85. The molecule has 0 atom stereocenters. The quantitative estimate of drug-likeness (QED) is 0.797. The lowest BCUT2D eigenvalue weighted by atomic mass is 10.0. The van der Waals surface area contributed by atoms with E-state index in [1.54, 1.807) is 0 Å². The third kappa shape index (κ3) is 4.99. The maximum absolute atomic E-state index is 11.6. The molecule has 5 heteroatoms. The van der Waals surface area contributed by atoms with Crippen LogP contribution in [-0.4, -0.2) is 29.1 Å². The predicted molar refractivity (Wildman–Crippen MR) is 70.9 cm³/mol. The van der Waals surface area contributed by atoms with Gasteiger partial charge in [0.1, 0.15) is 5.75 Å². The zero-order chi connectivity index (χ0) is 14.5. The Morgan fingerprint density at radius 3 is 2.37 bits per heavy atom. The Morgan fingerprint density at radius 2 is 1.84 bits per heavy atom. The molecule has 104 valence electrons. The van der Waals surface area contributed by atoms with E-state index in [4.69, 9.17) is 9.84 Å². The molecule has 0 spiro atoms. The van der Waals surface area contributed by atoms with E-state index in [1.165, 1.54) is 24.3 Å². The third-order valence-electron chi connectivity index (χ3n) is 2.80. The van der Waals surface area contributed by atoms with Crippen molar-refractivity contribution >= 4 is 11.9 Å². The van der Waals surface area contributed by atoms with Gasteiger partial charge < -0.3 is 15.2 Å². The molecule has 1 aromatic carbocycles. The molecule has 0 aliphatic heterocycles. The summed E-state index contributed by atoms with van der Waals surface area (Å²) in [5.74, 6) is -0.859. The zero-order valence-electron chi connectivity index (χ0n) is 11.4. The number of rotatable bonds is 5. The Balaban J connectivity index is 2.46. The molecule has 0 saturated carbocycles. The van der Waals surface area contributed by atoms with E-state index in [2.05, 4.69) is 5.32 Å². The maximum Gasteiger partial charge on any atom is 0.338 e. The second kappa shape index (κ2) is 6.22. The summed E-state index contributed by atoms with van der Waals surface area (Å²) in [5, 5.41) is 11.9. The fourth-order valence-corrected chi connectivity index (χ4v) is 1.31. The van der Waals surface area contributed by atoms with Gasteiger partial charge in [-0.3, -0.25) is 4.79 Å². The molecular formula is C14H19NO4. The summed E-state index contributed by atoms with van der Waals surface area (Å²) >= 11 is 0. The Kier molecular flexibility index (Phi) is 4.92. The van der Waals surface area contributed by atoms with Gasteiger partial charge in [0, 0.05) is 5.54 Å². The number of phenols is 1. The molecule has 0 aromatic heterocycles. The van der Waals surface area contributed by atoms with Gasteiger partial charge in [0.15, 0.2) is 6.61 Å². The number of carbonyl (C=O) groups is 2. The lowest BCUT2D eigenvalue weighted by molar-refractivity contribution is -0.125. The van der Waals surface area contributed by atoms with Crippen LogP contribution in [0.2, 0.25) is 0 Å². The number of benzene rings is 1. The van der Waals surface area contributed by atoms with Crippen molar-refractivity contribution in [3.05, 3.63) is 29.8 Å². The third-order valence-corrected chi connectivity index (χ3v) is 2.80. The van der Waals surface area contributed by atoms with Gasteiger partial charge in [-0.05, 0) is 44.5 Å². The molecule has 0 bridgehead atoms. The molecule has 0 unspecified atom stereocenters. The number of ether oxygens (including phenoxy) is 1. The van der Waals surface area contributed by atoms with Gasteiger partial charge in [0.05, 0.1) is 5.56 Å². The van der Waals surface area contributed by atoms with Crippen LogP contribution < -0.4 is 5.32 Å². The summed E-state index contributed by atoms with van der Waals surface area (Å²) in [6.45, 7) is 5.44. The molecule has 0 aliphatic carbocycles. The molecule has 5 nitrogen and oxygen atoms in total. The second-order valence-corrected chi connectivity index (χ2v) is 4.91. The average molecular weight is 265 g/mol. The lowest BCUT2D eigenvalue weighted by Crippen LogP contribution is -2.44. The summed E-state index contributed by atoms with van der Waals surface area (Å²) in [5.41, 5.74) is -0.0254. The summed E-state index contributed by atoms with van der Waals surface area (Å²) < 4.78 is 4.89. The van der Waals surface area contributed by atoms with Crippen LogP contribution >= 0.6 is 0 Å². The van der Waals surface area contributed by atoms with Crippen molar-refractivity contribution < 1.29 is 19.4 Å². The highest BCUT2D eigenvalue weighted by Crippen LogP contribution is 2.10. The van der Waals surface area contributed by atoms with E-state index >= 15 is 0 Å². The van der Waals surface area contributed by atoms with Crippen LogP contribution in [0.15, 0.2) is 24.3 Å². The van der Waals surface area contributed by atoms with Gasteiger partial charge in [-0.15, -0.1) is 0 Å². The highest BCUT2D eigenvalue weighted by molar-refractivity contribution is 5.91. The van der Waals surface area contributed by atoms with Crippen molar-refractivity contribution in [1.29, 1.82) is 0 Å². The Labute approximate surface area is 112 Å². The monoisotopic (exact) mass is 265 g/mol. The van der Waals surface area contributed by atoms with E-state index in [9.17, 15) is 9.59 Å². The van der Waals surface area contributed by atoms with E-state index in [-0.39, 0.29) is 23.8 Å². The topological polar surface area (TPSA) is 75.6 Å². The minimum atomic E-state index is -0.593. The molecule has 1 rings (SSSR count). The molecule has 1 amide bonds. The lowest BCUT2D eigenvalue weighted by Gasteiger charge is -2.24. The first-order chi connectivity index (χ1) is 8.84. The van der Waals surface area contributed by atoms with Crippen molar-refractivity contribution in [2.24, 2.45) is 0 Å². The minimum absolute atomic E-state index is 0.0685. The zero-order valence-corrected chi connectivity index (χ0v) is 11.4. The summed E-state index contributed by atoms with van der Waals surface area (Å²) in [6, 6.07) is 5.64. The normalized spacial score (nSPS) is 10.9. The molecule has 0 radical (unpaired) electrons. The van der Waals surface area contributed by atoms with Crippen LogP contribution in [0.4, 0.5) is 0 Å². The molecule has 0 saturated heterocycles. The fourth-order valence-electron chi connectivity index (χ4n) is 1.31. The first kappa shape index (κ1) is 15.0. The maximum atomic E-state index is 11.6. The number of carbonyl (C=O) groups excluding carboxylic acids is 2. The van der Waals surface area contributed by atoms with Crippen LogP contribution in [0.3, 0.4) is 0 Å². The Bertz CT molecular complexity index is 451. The van der Waals surface area contributed by atoms with Crippen LogP contribution in [0.25, 0.3) is 0 Å². The number of amides is 1. The molecule has 0 aliphatic rings. The number of nitrogens with one attached hydrogen (secondary N) is 1. The Hall–Kier alpha value is -2.04. The molecule has 0 fully saturated rings. The molecule has 2 N–H and O–H groups in total. The van der Waals surface area contributed by atoms with E-state index in [0.29, 0.717) is 5.56 Å². The molecule has 19 heavy (non-hydrogen) atoms. The van der Waals surface area contributed by atoms with Gasteiger partial charge in [-0.1, -0.05) is 6.92 Å². The van der Waals surface area contributed by atoms with Crippen LogP contribution in [0.5, 0.6) is 5.75 Å². The summed E-state index contributed by atoms with van der Waals surface area (Å²) in [6.07, 6.45) is 0.782. The van der Waals surface area contributed by atoms with Crippen molar-refractivity contribution in [3.63, 3.8) is 0 Å². The highest BCUT2D eigenvalue weighted by atomic mass is 16.5. The molecule has 0 heterocycles. The van der Waals surface area contributed by atoms with Gasteiger partial charge in [-0.2, -0.15) is 0 Å². The van der Waals surface area contributed by atoms with Gasteiger partial charge >= 0.3 is 5.97 Å². The van der Waals surface area contributed by atoms with Crippen LogP contribution in [0.1, 0.15) is 37.6 Å². The first-order valence-corrected chi connectivity index (χ1v) is 6.11. The SMILES string of the molecule is CCC(C)(C)NC(=O)COC(=O)c1ccc(O)cc1. The first-order valence-electron chi connectivity index (χ1n) is 6.11. The Morgan fingerprint density at radius 1 is 1.26 bits per heavy atom. The smallest absolute Gasteiger partial charge is 0.338 e. The number of hydrogen-bond donors (Lipinski definition) is 2. The van der Waals surface area contributed by atoms with E-state index in [1.807, 2.05) is 20.8 Å². The number of hydrogen-bond acceptors (Lipinski definition) is 4. The summed E-state index contributed by atoms with van der Waals surface area (Å²) in [7, 11) is 0. The van der Waals surface area contributed by atoms with Gasteiger partial charge in [0.2, 0.25) is 0 Å². The number of esters is 1. The number of aromatic hydroxyl groups is 1.